The molecule has 1 aliphatic rings. The van der Waals surface area contributed by atoms with Crippen LogP contribution in [0.5, 0.6) is 0 Å². The summed E-state index contributed by atoms with van der Waals surface area (Å²) in [7, 11) is 0. The lowest BCUT2D eigenvalue weighted by molar-refractivity contribution is 0.0948. The van der Waals surface area contributed by atoms with E-state index in [0.29, 0.717) is 17.9 Å². The van der Waals surface area contributed by atoms with Crippen LogP contribution >= 0.6 is 0 Å². The number of carbonyl (C=O) groups is 1. The maximum Gasteiger partial charge on any atom is 0.269 e. The van der Waals surface area contributed by atoms with Crippen molar-refractivity contribution in [3.05, 3.63) is 54.1 Å². The molecule has 138 valence electrons. The summed E-state index contributed by atoms with van der Waals surface area (Å²) >= 11 is 0. The summed E-state index contributed by atoms with van der Waals surface area (Å²) in [6.45, 7) is 5.78. The lowest BCUT2D eigenvalue weighted by Crippen LogP contribution is -2.46. The van der Waals surface area contributed by atoms with Crippen LogP contribution < -0.4 is 15.1 Å². The van der Waals surface area contributed by atoms with Crippen LogP contribution in [0, 0.1) is 5.82 Å². The number of benzene rings is 1. The Bertz CT molecular complexity index is 744. The fourth-order valence-electron chi connectivity index (χ4n) is 3.12. The molecule has 1 N–H and O–H groups in total. The number of nitrogens with one attached hydrogen (secondary N) is 1. The maximum absolute atomic E-state index is 14.0. The number of carbonyl (C=O) groups excluding carboxylic acids is 1. The third-order valence-electron chi connectivity index (χ3n) is 4.63. The molecule has 5 nitrogen and oxygen atoms in total. The van der Waals surface area contributed by atoms with Gasteiger partial charge in [-0.3, -0.25) is 9.78 Å². The molecule has 2 aromatic rings. The first-order valence-corrected chi connectivity index (χ1v) is 9.17. The number of halogens is 1. The van der Waals surface area contributed by atoms with Crippen molar-refractivity contribution in [2.24, 2.45) is 0 Å². The minimum absolute atomic E-state index is 0.134. The molecule has 26 heavy (non-hydrogen) atoms. The van der Waals surface area contributed by atoms with Crippen LogP contribution in [0.4, 0.5) is 15.8 Å². The number of pyridine rings is 1. The summed E-state index contributed by atoms with van der Waals surface area (Å²) in [5.41, 5.74) is 2.07. The SMILES string of the molecule is CCCCNC(=O)c1cc(N2CCN(c3ccccc3F)CC2)ccn1. The van der Waals surface area contributed by atoms with Crippen LogP contribution in [0.25, 0.3) is 0 Å². The number of aromatic nitrogens is 1. The zero-order chi connectivity index (χ0) is 18.4. The number of rotatable bonds is 6. The van der Waals surface area contributed by atoms with Gasteiger partial charge in [0.05, 0.1) is 5.69 Å². The van der Waals surface area contributed by atoms with Crippen molar-refractivity contribution in [1.82, 2.24) is 10.3 Å². The first kappa shape index (κ1) is 18.2. The van der Waals surface area contributed by atoms with Crippen molar-refractivity contribution >= 4 is 17.3 Å². The molecule has 0 aliphatic carbocycles. The van der Waals surface area contributed by atoms with Gasteiger partial charge in [-0.05, 0) is 30.7 Å². The number of hydrogen-bond acceptors (Lipinski definition) is 4. The van der Waals surface area contributed by atoms with Crippen LogP contribution in [-0.4, -0.2) is 43.6 Å². The van der Waals surface area contributed by atoms with E-state index < -0.39 is 0 Å². The van der Waals surface area contributed by atoms with Gasteiger partial charge in [0.15, 0.2) is 0 Å². The molecule has 1 fully saturated rings. The van der Waals surface area contributed by atoms with Gasteiger partial charge >= 0.3 is 0 Å². The van der Waals surface area contributed by atoms with E-state index in [4.69, 9.17) is 0 Å². The van der Waals surface area contributed by atoms with Gasteiger partial charge in [0, 0.05) is 44.6 Å². The Morgan fingerprint density at radius 3 is 2.62 bits per heavy atom. The molecule has 0 spiro atoms. The van der Waals surface area contributed by atoms with Gasteiger partial charge in [-0.15, -0.1) is 0 Å². The second kappa shape index (κ2) is 8.65. The highest BCUT2D eigenvalue weighted by Gasteiger charge is 2.20. The molecule has 0 saturated carbocycles. The number of para-hydroxylation sites is 1. The van der Waals surface area contributed by atoms with Crippen LogP contribution in [0.15, 0.2) is 42.6 Å². The van der Waals surface area contributed by atoms with Gasteiger partial charge in [-0.1, -0.05) is 25.5 Å². The fraction of sp³-hybridized carbons (Fsp3) is 0.400. The maximum atomic E-state index is 14.0. The molecule has 1 amide bonds. The molecule has 0 bridgehead atoms. The number of amides is 1. The molecular formula is C20H25FN4O. The Morgan fingerprint density at radius 2 is 1.88 bits per heavy atom. The van der Waals surface area contributed by atoms with E-state index in [1.807, 2.05) is 24.3 Å². The van der Waals surface area contributed by atoms with Gasteiger partial charge in [-0.25, -0.2) is 4.39 Å². The number of piperazine rings is 1. The molecule has 0 radical (unpaired) electrons. The van der Waals surface area contributed by atoms with E-state index in [9.17, 15) is 9.18 Å². The highest BCUT2D eigenvalue weighted by atomic mass is 19.1. The largest absolute Gasteiger partial charge is 0.368 e. The fourth-order valence-corrected chi connectivity index (χ4v) is 3.12. The molecular weight excluding hydrogens is 331 g/mol. The smallest absolute Gasteiger partial charge is 0.269 e. The van der Waals surface area contributed by atoms with E-state index in [-0.39, 0.29) is 11.7 Å². The molecule has 1 aromatic carbocycles. The Morgan fingerprint density at radius 1 is 1.15 bits per heavy atom. The van der Waals surface area contributed by atoms with Crippen LogP contribution in [0.2, 0.25) is 0 Å². The van der Waals surface area contributed by atoms with E-state index in [1.165, 1.54) is 6.07 Å². The summed E-state index contributed by atoms with van der Waals surface area (Å²) in [5.74, 6) is -0.318. The van der Waals surface area contributed by atoms with Gasteiger partial charge in [0.25, 0.3) is 5.91 Å². The third-order valence-corrected chi connectivity index (χ3v) is 4.63. The van der Waals surface area contributed by atoms with Gasteiger partial charge in [0.1, 0.15) is 11.5 Å². The first-order chi connectivity index (χ1) is 12.7. The lowest BCUT2D eigenvalue weighted by atomic mass is 10.2. The topological polar surface area (TPSA) is 48.5 Å². The minimum atomic E-state index is -0.184. The van der Waals surface area contributed by atoms with E-state index >= 15 is 0 Å². The van der Waals surface area contributed by atoms with Crippen molar-refractivity contribution in [2.45, 2.75) is 19.8 Å². The van der Waals surface area contributed by atoms with Crippen molar-refractivity contribution in [2.75, 3.05) is 42.5 Å². The molecule has 1 saturated heterocycles. The van der Waals surface area contributed by atoms with Crippen molar-refractivity contribution in [1.29, 1.82) is 0 Å². The molecule has 2 heterocycles. The van der Waals surface area contributed by atoms with E-state index in [1.54, 1.807) is 12.3 Å². The van der Waals surface area contributed by atoms with Crippen molar-refractivity contribution in [3.63, 3.8) is 0 Å². The molecule has 1 aliphatic heterocycles. The quantitative estimate of drug-likeness (QED) is 0.808. The standard InChI is InChI=1S/C20H25FN4O/c1-2-3-9-23-20(26)18-15-16(8-10-22-18)24-11-13-25(14-12-24)19-7-5-4-6-17(19)21/h4-8,10,15H,2-3,9,11-14H2,1H3,(H,23,26). The Kier molecular flexibility index (Phi) is 6.04. The summed E-state index contributed by atoms with van der Waals surface area (Å²) in [6, 6.07) is 10.6. The lowest BCUT2D eigenvalue weighted by Gasteiger charge is -2.37. The molecule has 1 aromatic heterocycles. The molecule has 0 atom stereocenters. The second-order valence-corrected chi connectivity index (χ2v) is 6.43. The summed E-state index contributed by atoms with van der Waals surface area (Å²) in [5, 5.41) is 2.89. The Labute approximate surface area is 153 Å². The monoisotopic (exact) mass is 356 g/mol. The highest BCUT2D eigenvalue weighted by molar-refractivity contribution is 5.93. The van der Waals surface area contributed by atoms with E-state index in [0.717, 1.165) is 44.7 Å². The number of unbranched alkanes of at least 4 members (excludes halogenated alkanes) is 1. The van der Waals surface area contributed by atoms with Crippen molar-refractivity contribution in [3.8, 4) is 0 Å². The number of anilines is 2. The Hall–Kier alpha value is -2.63. The first-order valence-electron chi connectivity index (χ1n) is 9.17. The number of nitrogens with zero attached hydrogens (tertiary/aromatic N) is 3. The van der Waals surface area contributed by atoms with Crippen LogP contribution in [0.1, 0.15) is 30.3 Å². The third kappa shape index (κ3) is 4.31. The Balaban J connectivity index is 1.62. The van der Waals surface area contributed by atoms with Gasteiger partial charge in [0.2, 0.25) is 0 Å². The zero-order valence-corrected chi connectivity index (χ0v) is 15.1. The summed E-state index contributed by atoms with van der Waals surface area (Å²) in [4.78, 5) is 20.6. The average Bonchev–Trinajstić information content (AvgIpc) is 2.69. The van der Waals surface area contributed by atoms with Gasteiger partial charge < -0.3 is 15.1 Å². The minimum Gasteiger partial charge on any atom is -0.368 e. The normalized spacial score (nSPS) is 14.4. The van der Waals surface area contributed by atoms with Crippen LogP contribution in [0.3, 0.4) is 0 Å². The predicted molar refractivity (Wildman–Crippen MR) is 102 cm³/mol. The molecule has 6 heteroatoms. The number of hydrogen-bond donors (Lipinski definition) is 1. The molecule has 3 rings (SSSR count). The predicted octanol–water partition coefficient (Wildman–Crippen LogP) is 3.08. The van der Waals surface area contributed by atoms with Crippen molar-refractivity contribution < 1.29 is 9.18 Å². The van der Waals surface area contributed by atoms with E-state index in [2.05, 4.69) is 27.0 Å². The van der Waals surface area contributed by atoms with Crippen LogP contribution in [-0.2, 0) is 0 Å². The summed E-state index contributed by atoms with van der Waals surface area (Å²) in [6.07, 6.45) is 3.68. The highest BCUT2D eigenvalue weighted by Crippen LogP contribution is 2.23. The molecule has 0 unspecified atom stereocenters. The average molecular weight is 356 g/mol. The summed E-state index contributed by atoms with van der Waals surface area (Å²) < 4.78 is 14.0. The van der Waals surface area contributed by atoms with Gasteiger partial charge in [-0.2, -0.15) is 0 Å². The second-order valence-electron chi connectivity index (χ2n) is 6.43. The zero-order valence-electron chi connectivity index (χ0n) is 15.1.